The standard InChI is InChI=1S/C15H16FN3O2/c1-2-14(20)17-10-15(21)18-11-5-6-12(16)13(9-11)19-7-3-4-8-19/h3-9H,2,10H2,1H3,(H,17,20)(H,18,21). The van der Waals surface area contributed by atoms with Gasteiger partial charge in [-0.25, -0.2) is 4.39 Å². The number of rotatable bonds is 5. The number of anilines is 1. The zero-order chi connectivity index (χ0) is 15.2. The van der Waals surface area contributed by atoms with Crippen LogP contribution >= 0.6 is 0 Å². The van der Waals surface area contributed by atoms with Crippen LogP contribution in [0.2, 0.25) is 0 Å². The predicted molar refractivity (Wildman–Crippen MR) is 77.7 cm³/mol. The fourth-order valence-electron chi connectivity index (χ4n) is 1.79. The van der Waals surface area contributed by atoms with Crippen LogP contribution in [0.5, 0.6) is 0 Å². The molecule has 0 fully saturated rings. The Morgan fingerprint density at radius 2 is 1.90 bits per heavy atom. The maximum Gasteiger partial charge on any atom is 0.243 e. The summed E-state index contributed by atoms with van der Waals surface area (Å²) in [5, 5.41) is 5.09. The van der Waals surface area contributed by atoms with E-state index in [2.05, 4.69) is 10.6 Å². The van der Waals surface area contributed by atoms with Crippen LogP contribution in [0.3, 0.4) is 0 Å². The van der Waals surface area contributed by atoms with Crippen LogP contribution in [0.1, 0.15) is 13.3 Å². The van der Waals surface area contributed by atoms with Crippen molar-refractivity contribution in [2.24, 2.45) is 0 Å². The molecule has 0 aliphatic rings. The second-order valence-electron chi connectivity index (χ2n) is 4.43. The van der Waals surface area contributed by atoms with Gasteiger partial charge in [-0.15, -0.1) is 0 Å². The Morgan fingerprint density at radius 1 is 1.19 bits per heavy atom. The average Bonchev–Trinajstić information content (AvgIpc) is 3.00. The molecule has 1 aromatic carbocycles. The highest BCUT2D eigenvalue weighted by Crippen LogP contribution is 2.18. The van der Waals surface area contributed by atoms with Gasteiger partial charge in [0.1, 0.15) is 5.82 Å². The Hall–Kier alpha value is -2.63. The topological polar surface area (TPSA) is 63.1 Å². The molecule has 0 saturated carbocycles. The van der Waals surface area contributed by atoms with E-state index in [1.165, 1.54) is 18.2 Å². The van der Waals surface area contributed by atoms with E-state index < -0.39 is 0 Å². The quantitative estimate of drug-likeness (QED) is 0.885. The van der Waals surface area contributed by atoms with Crippen molar-refractivity contribution < 1.29 is 14.0 Å². The monoisotopic (exact) mass is 289 g/mol. The highest BCUT2D eigenvalue weighted by Gasteiger charge is 2.08. The van der Waals surface area contributed by atoms with E-state index in [0.717, 1.165) is 0 Å². The Bertz CT molecular complexity index is 638. The summed E-state index contributed by atoms with van der Waals surface area (Å²) >= 11 is 0. The summed E-state index contributed by atoms with van der Waals surface area (Å²) in [4.78, 5) is 22.8. The summed E-state index contributed by atoms with van der Waals surface area (Å²) < 4.78 is 15.4. The zero-order valence-corrected chi connectivity index (χ0v) is 11.6. The van der Waals surface area contributed by atoms with Crippen molar-refractivity contribution in [2.75, 3.05) is 11.9 Å². The Kier molecular flexibility index (Phi) is 4.71. The van der Waals surface area contributed by atoms with Crippen LogP contribution in [0.4, 0.5) is 10.1 Å². The third-order valence-corrected chi connectivity index (χ3v) is 2.88. The SMILES string of the molecule is CCC(=O)NCC(=O)Nc1ccc(F)c(-n2cccc2)c1. The number of halogens is 1. The minimum Gasteiger partial charge on any atom is -0.347 e. The molecule has 0 saturated heterocycles. The molecule has 21 heavy (non-hydrogen) atoms. The molecule has 1 heterocycles. The number of nitrogens with one attached hydrogen (secondary N) is 2. The molecule has 0 aliphatic heterocycles. The molecule has 110 valence electrons. The lowest BCUT2D eigenvalue weighted by Gasteiger charge is -2.10. The number of amides is 2. The largest absolute Gasteiger partial charge is 0.347 e. The first-order chi connectivity index (χ1) is 10.1. The summed E-state index contributed by atoms with van der Waals surface area (Å²) in [6, 6.07) is 7.86. The second kappa shape index (κ2) is 6.69. The molecule has 0 bridgehead atoms. The van der Waals surface area contributed by atoms with Crippen molar-refractivity contribution in [3.63, 3.8) is 0 Å². The van der Waals surface area contributed by atoms with Gasteiger partial charge in [0.05, 0.1) is 12.2 Å². The third-order valence-electron chi connectivity index (χ3n) is 2.88. The van der Waals surface area contributed by atoms with Gasteiger partial charge in [-0.2, -0.15) is 0 Å². The lowest BCUT2D eigenvalue weighted by Crippen LogP contribution is -2.32. The van der Waals surface area contributed by atoms with Crippen LogP contribution in [-0.2, 0) is 9.59 Å². The van der Waals surface area contributed by atoms with E-state index in [1.54, 1.807) is 36.0 Å². The van der Waals surface area contributed by atoms with Gasteiger partial charge in [0.15, 0.2) is 0 Å². The van der Waals surface area contributed by atoms with Crippen molar-refractivity contribution in [2.45, 2.75) is 13.3 Å². The summed E-state index contributed by atoms with van der Waals surface area (Å²) in [5.74, 6) is -0.942. The zero-order valence-electron chi connectivity index (χ0n) is 11.6. The molecule has 0 unspecified atom stereocenters. The number of carbonyl (C=O) groups excluding carboxylic acids is 2. The highest BCUT2D eigenvalue weighted by atomic mass is 19.1. The van der Waals surface area contributed by atoms with E-state index in [-0.39, 0.29) is 24.2 Å². The van der Waals surface area contributed by atoms with Crippen LogP contribution in [0.15, 0.2) is 42.7 Å². The Labute approximate surface area is 121 Å². The van der Waals surface area contributed by atoms with E-state index in [0.29, 0.717) is 17.8 Å². The van der Waals surface area contributed by atoms with Gasteiger partial charge >= 0.3 is 0 Å². The molecule has 2 rings (SSSR count). The van der Waals surface area contributed by atoms with Gasteiger partial charge in [-0.3, -0.25) is 9.59 Å². The molecule has 0 atom stereocenters. The molecule has 0 aliphatic carbocycles. The number of nitrogens with zero attached hydrogens (tertiary/aromatic N) is 1. The molecule has 2 aromatic rings. The normalized spacial score (nSPS) is 10.2. The fraction of sp³-hybridized carbons (Fsp3) is 0.200. The number of aromatic nitrogens is 1. The minimum atomic E-state index is -0.386. The first kappa shape index (κ1) is 14.8. The number of hydrogen-bond acceptors (Lipinski definition) is 2. The summed E-state index contributed by atoms with van der Waals surface area (Å²) in [7, 11) is 0. The molecule has 6 heteroatoms. The van der Waals surface area contributed by atoms with E-state index in [1.807, 2.05) is 0 Å². The number of hydrogen-bond donors (Lipinski definition) is 2. The van der Waals surface area contributed by atoms with E-state index in [9.17, 15) is 14.0 Å². The van der Waals surface area contributed by atoms with Gasteiger partial charge in [-0.05, 0) is 30.3 Å². The maximum atomic E-state index is 13.8. The van der Waals surface area contributed by atoms with Crippen LogP contribution in [0.25, 0.3) is 5.69 Å². The van der Waals surface area contributed by atoms with E-state index in [4.69, 9.17) is 0 Å². The Balaban J connectivity index is 2.06. The van der Waals surface area contributed by atoms with Crippen molar-refractivity contribution >= 4 is 17.5 Å². The smallest absolute Gasteiger partial charge is 0.243 e. The predicted octanol–water partition coefficient (Wildman–Crippen LogP) is 2.08. The molecular weight excluding hydrogens is 273 g/mol. The molecule has 2 amide bonds. The molecule has 0 radical (unpaired) electrons. The lowest BCUT2D eigenvalue weighted by molar-refractivity contribution is -0.123. The van der Waals surface area contributed by atoms with Crippen molar-refractivity contribution in [1.29, 1.82) is 0 Å². The number of benzene rings is 1. The summed E-state index contributed by atoms with van der Waals surface area (Å²) in [6.07, 6.45) is 3.75. The Morgan fingerprint density at radius 3 is 2.57 bits per heavy atom. The molecule has 5 nitrogen and oxygen atoms in total. The molecule has 1 aromatic heterocycles. The first-order valence-electron chi connectivity index (χ1n) is 6.59. The van der Waals surface area contributed by atoms with Crippen molar-refractivity contribution in [3.8, 4) is 5.69 Å². The van der Waals surface area contributed by atoms with Gasteiger partial charge in [0.25, 0.3) is 0 Å². The summed E-state index contributed by atoms with van der Waals surface area (Å²) in [6.45, 7) is 1.60. The van der Waals surface area contributed by atoms with Crippen LogP contribution in [0, 0.1) is 5.82 Å². The fourth-order valence-corrected chi connectivity index (χ4v) is 1.79. The lowest BCUT2D eigenvalue weighted by atomic mass is 10.2. The van der Waals surface area contributed by atoms with Crippen LogP contribution < -0.4 is 10.6 Å². The van der Waals surface area contributed by atoms with E-state index >= 15 is 0 Å². The average molecular weight is 289 g/mol. The van der Waals surface area contributed by atoms with Gasteiger partial charge in [0, 0.05) is 24.5 Å². The molecular formula is C15H16FN3O2. The van der Waals surface area contributed by atoms with Gasteiger partial charge in [0.2, 0.25) is 11.8 Å². The minimum absolute atomic E-state index is 0.108. The number of carbonyl (C=O) groups is 2. The van der Waals surface area contributed by atoms with Crippen molar-refractivity contribution in [3.05, 3.63) is 48.5 Å². The van der Waals surface area contributed by atoms with Gasteiger partial charge in [-0.1, -0.05) is 6.92 Å². The molecule has 0 spiro atoms. The van der Waals surface area contributed by atoms with Crippen LogP contribution in [-0.4, -0.2) is 22.9 Å². The second-order valence-corrected chi connectivity index (χ2v) is 4.43. The van der Waals surface area contributed by atoms with Gasteiger partial charge < -0.3 is 15.2 Å². The summed E-state index contributed by atoms with van der Waals surface area (Å²) in [5.41, 5.74) is 0.811. The molecule has 2 N–H and O–H groups in total. The maximum absolute atomic E-state index is 13.8. The van der Waals surface area contributed by atoms with Crippen molar-refractivity contribution in [1.82, 2.24) is 9.88 Å². The highest BCUT2D eigenvalue weighted by molar-refractivity contribution is 5.94. The first-order valence-corrected chi connectivity index (χ1v) is 6.59. The third kappa shape index (κ3) is 3.92.